The maximum Gasteiger partial charge on any atom is 0.371 e. The van der Waals surface area contributed by atoms with Gasteiger partial charge in [0.15, 0.2) is 0 Å². The monoisotopic (exact) mass is 216 g/mol. The Morgan fingerprint density at radius 3 is 1.18 bits per heavy atom. The second-order valence-electron chi connectivity index (χ2n) is 1.96. The van der Waals surface area contributed by atoms with Gasteiger partial charge < -0.3 is 0 Å². The Hall–Kier alpha value is 0.230. The van der Waals surface area contributed by atoms with E-state index in [1.807, 2.05) is 0 Å². The summed E-state index contributed by atoms with van der Waals surface area (Å²) in [7, 11) is 0. The van der Waals surface area contributed by atoms with Gasteiger partial charge in [-0.1, -0.05) is 23.2 Å². The van der Waals surface area contributed by atoms with E-state index in [0.717, 1.165) is 0 Å². The van der Waals surface area contributed by atoms with Crippen molar-refractivity contribution < 1.29 is 22.0 Å². The van der Waals surface area contributed by atoms with Crippen molar-refractivity contribution in [1.82, 2.24) is 0 Å². The standard InChI is InChI=1S/C4H3Cl2F5/c1-2(7,8)3(9,10)4(5,6)11/h1H3. The number of rotatable bonds is 2. The molecule has 0 aliphatic rings. The predicted molar refractivity (Wildman–Crippen MR) is 31.1 cm³/mol. The van der Waals surface area contributed by atoms with Crippen LogP contribution in [0, 0.1) is 0 Å². The van der Waals surface area contributed by atoms with Gasteiger partial charge in [0, 0.05) is 6.92 Å². The van der Waals surface area contributed by atoms with Gasteiger partial charge in [0.1, 0.15) is 0 Å². The zero-order valence-electron chi connectivity index (χ0n) is 5.15. The predicted octanol–water partition coefficient (Wildman–Crippen LogP) is 3.38. The highest BCUT2D eigenvalue weighted by Crippen LogP contribution is 2.48. The van der Waals surface area contributed by atoms with Gasteiger partial charge in [0.25, 0.3) is 0 Å². The lowest BCUT2D eigenvalue weighted by atomic mass is 10.2. The average molecular weight is 217 g/mol. The molecule has 68 valence electrons. The first-order valence-corrected chi connectivity index (χ1v) is 3.08. The van der Waals surface area contributed by atoms with Crippen LogP contribution in [0.5, 0.6) is 0 Å². The van der Waals surface area contributed by atoms with E-state index >= 15 is 0 Å². The van der Waals surface area contributed by atoms with Crippen LogP contribution >= 0.6 is 23.2 Å². The number of hydrogen-bond donors (Lipinski definition) is 0. The van der Waals surface area contributed by atoms with E-state index < -0.39 is 16.4 Å². The van der Waals surface area contributed by atoms with E-state index in [-0.39, 0.29) is 6.92 Å². The Balaban J connectivity index is 4.75. The molecule has 0 nitrogen and oxygen atoms in total. The van der Waals surface area contributed by atoms with Crippen molar-refractivity contribution in [3.8, 4) is 0 Å². The third-order valence-electron chi connectivity index (χ3n) is 0.907. The minimum absolute atomic E-state index is 0.175. The minimum Gasteiger partial charge on any atom is -0.201 e. The molecule has 0 aliphatic carbocycles. The second-order valence-corrected chi connectivity index (χ2v) is 3.20. The topological polar surface area (TPSA) is 0 Å². The molecule has 11 heavy (non-hydrogen) atoms. The molecule has 0 amide bonds. The van der Waals surface area contributed by atoms with Crippen molar-refractivity contribution >= 4 is 23.2 Å². The fourth-order valence-electron chi connectivity index (χ4n) is 0.249. The quantitative estimate of drug-likeness (QED) is 0.491. The summed E-state index contributed by atoms with van der Waals surface area (Å²) in [5.74, 6) is -9.69. The molecule has 0 unspecified atom stereocenters. The van der Waals surface area contributed by atoms with Crippen LogP contribution in [0.3, 0.4) is 0 Å². The normalized spacial score (nSPS) is 15.3. The van der Waals surface area contributed by atoms with E-state index in [2.05, 4.69) is 23.2 Å². The third-order valence-corrected chi connectivity index (χ3v) is 1.38. The van der Waals surface area contributed by atoms with Crippen LogP contribution < -0.4 is 0 Å². The maximum atomic E-state index is 12.0. The maximum absolute atomic E-state index is 12.0. The molecule has 0 aliphatic heterocycles. The highest BCUT2D eigenvalue weighted by atomic mass is 35.5. The summed E-state index contributed by atoms with van der Waals surface area (Å²) in [6.07, 6.45) is 0. The molecular weight excluding hydrogens is 214 g/mol. The summed E-state index contributed by atoms with van der Waals surface area (Å²) >= 11 is 8.36. The zero-order chi connectivity index (χ0) is 9.50. The van der Waals surface area contributed by atoms with Crippen molar-refractivity contribution in [3.05, 3.63) is 0 Å². The number of hydrogen-bond acceptors (Lipinski definition) is 0. The van der Waals surface area contributed by atoms with Crippen LogP contribution in [-0.4, -0.2) is 16.4 Å². The van der Waals surface area contributed by atoms with Gasteiger partial charge in [-0.25, -0.2) is 4.39 Å². The molecule has 0 aromatic heterocycles. The summed E-state index contributed by atoms with van der Waals surface area (Å²) in [5.41, 5.74) is 0. The summed E-state index contributed by atoms with van der Waals surface area (Å²) in [4.78, 5) is 0. The Bertz CT molecular complexity index is 128. The smallest absolute Gasteiger partial charge is 0.201 e. The lowest BCUT2D eigenvalue weighted by molar-refractivity contribution is -0.223. The lowest BCUT2D eigenvalue weighted by Gasteiger charge is -2.27. The third kappa shape index (κ3) is 2.08. The number of alkyl halides is 7. The molecule has 0 saturated heterocycles. The molecule has 0 N–H and O–H groups in total. The van der Waals surface area contributed by atoms with E-state index in [1.165, 1.54) is 0 Å². The fraction of sp³-hybridized carbons (Fsp3) is 1.00. The van der Waals surface area contributed by atoms with Crippen LogP contribution in [0.1, 0.15) is 6.92 Å². The summed E-state index contributed by atoms with van der Waals surface area (Å²) < 4.78 is 55.5. The van der Waals surface area contributed by atoms with Crippen molar-refractivity contribution in [2.24, 2.45) is 0 Å². The molecule has 0 rings (SSSR count). The van der Waals surface area contributed by atoms with Crippen LogP contribution in [0.2, 0.25) is 0 Å². The van der Waals surface area contributed by atoms with Crippen LogP contribution in [0.4, 0.5) is 22.0 Å². The SMILES string of the molecule is CC(F)(F)C(F)(F)C(F)(Cl)Cl. The molecule has 0 fully saturated rings. The average Bonchev–Trinajstić information content (AvgIpc) is 1.58. The van der Waals surface area contributed by atoms with Gasteiger partial charge in [-0.15, -0.1) is 0 Å². The Morgan fingerprint density at radius 2 is 1.18 bits per heavy atom. The lowest BCUT2D eigenvalue weighted by Crippen LogP contribution is -2.48. The largest absolute Gasteiger partial charge is 0.371 e. The fourth-order valence-corrected chi connectivity index (χ4v) is 0.581. The summed E-state index contributed by atoms with van der Waals surface area (Å²) in [5, 5.41) is 0. The molecule has 0 bridgehead atoms. The van der Waals surface area contributed by atoms with Crippen LogP contribution in [-0.2, 0) is 0 Å². The van der Waals surface area contributed by atoms with Crippen molar-refractivity contribution in [2.75, 3.05) is 0 Å². The first-order chi connectivity index (χ1) is 4.50. The highest BCUT2D eigenvalue weighted by molar-refractivity contribution is 6.47. The minimum atomic E-state index is -5.09. The Morgan fingerprint density at radius 1 is 0.909 bits per heavy atom. The van der Waals surface area contributed by atoms with Gasteiger partial charge in [0.05, 0.1) is 0 Å². The van der Waals surface area contributed by atoms with E-state index in [9.17, 15) is 22.0 Å². The molecule has 0 aromatic rings. The zero-order valence-corrected chi connectivity index (χ0v) is 6.66. The van der Waals surface area contributed by atoms with Gasteiger partial charge in [-0.05, 0) is 0 Å². The molecule has 0 aromatic carbocycles. The molecule has 0 atom stereocenters. The Labute approximate surface area is 69.3 Å². The Kier molecular flexibility index (Phi) is 2.68. The molecule has 0 spiro atoms. The van der Waals surface area contributed by atoms with E-state index in [0.29, 0.717) is 0 Å². The van der Waals surface area contributed by atoms with Gasteiger partial charge >= 0.3 is 16.4 Å². The van der Waals surface area contributed by atoms with Crippen LogP contribution in [0.15, 0.2) is 0 Å². The summed E-state index contributed by atoms with van der Waals surface area (Å²) in [6.45, 7) is -0.175. The molecule has 0 saturated carbocycles. The van der Waals surface area contributed by atoms with E-state index in [4.69, 9.17) is 0 Å². The van der Waals surface area contributed by atoms with Gasteiger partial charge in [-0.3, -0.25) is 0 Å². The molecular formula is C4H3Cl2F5. The van der Waals surface area contributed by atoms with Gasteiger partial charge in [0.2, 0.25) is 0 Å². The molecule has 0 heterocycles. The number of halogens is 7. The van der Waals surface area contributed by atoms with Gasteiger partial charge in [-0.2, -0.15) is 17.6 Å². The second kappa shape index (κ2) is 2.62. The van der Waals surface area contributed by atoms with Crippen LogP contribution in [0.25, 0.3) is 0 Å². The van der Waals surface area contributed by atoms with Crippen molar-refractivity contribution in [1.29, 1.82) is 0 Å². The molecule has 7 heteroatoms. The van der Waals surface area contributed by atoms with Crippen molar-refractivity contribution in [3.63, 3.8) is 0 Å². The van der Waals surface area contributed by atoms with Crippen molar-refractivity contribution in [2.45, 2.75) is 23.4 Å². The van der Waals surface area contributed by atoms with E-state index in [1.54, 1.807) is 0 Å². The summed E-state index contributed by atoms with van der Waals surface area (Å²) in [6, 6.07) is 0. The first-order valence-electron chi connectivity index (χ1n) is 2.32. The first kappa shape index (κ1) is 11.2. The highest BCUT2D eigenvalue weighted by Gasteiger charge is 2.66. The molecule has 0 radical (unpaired) electrons.